The van der Waals surface area contributed by atoms with Crippen LogP contribution in [0.5, 0.6) is 0 Å². The van der Waals surface area contributed by atoms with Crippen LogP contribution >= 0.6 is 0 Å². The molecule has 0 saturated heterocycles. The van der Waals surface area contributed by atoms with Gasteiger partial charge in [-0.2, -0.15) is 5.10 Å². The molecule has 3 rings (SSSR count). The van der Waals surface area contributed by atoms with E-state index in [-0.39, 0.29) is 0 Å². The van der Waals surface area contributed by atoms with Gasteiger partial charge in [0.15, 0.2) is 11.8 Å². The predicted octanol–water partition coefficient (Wildman–Crippen LogP) is 1.50. The molecule has 0 aliphatic carbocycles. The third kappa shape index (κ3) is 5.41. The molecule has 0 fully saturated rings. The normalized spacial score (nSPS) is 11.7. The number of aryl methyl sites for hydroxylation is 2. The predicted molar refractivity (Wildman–Crippen MR) is 112 cm³/mol. The van der Waals surface area contributed by atoms with Gasteiger partial charge in [-0.1, -0.05) is 18.2 Å². The Kier molecular flexibility index (Phi) is 6.96. The lowest BCUT2D eigenvalue weighted by molar-refractivity contribution is 0.203. The first-order valence-corrected chi connectivity index (χ1v) is 9.55. The van der Waals surface area contributed by atoms with Gasteiger partial charge in [0.25, 0.3) is 0 Å². The number of aromatic nitrogens is 5. The fourth-order valence-electron chi connectivity index (χ4n) is 2.80. The first-order chi connectivity index (χ1) is 14.1. The molecule has 1 aromatic carbocycles. The van der Waals surface area contributed by atoms with E-state index < -0.39 is 0 Å². The zero-order chi connectivity index (χ0) is 20.6. The van der Waals surface area contributed by atoms with E-state index in [4.69, 9.17) is 9.73 Å². The molecule has 0 aliphatic rings. The van der Waals surface area contributed by atoms with E-state index in [1.54, 1.807) is 7.11 Å². The zero-order valence-corrected chi connectivity index (χ0v) is 17.4. The quantitative estimate of drug-likeness (QED) is 0.340. The monoisotopic (exact) mass is 396 g/mol. The van der Waals surface area contributed by atoms with Gasteiger partial charge in [0.2, 0.25) is 0 Å². The third-order valence-corrected chi connectivity index (χ3v) is 4.56. The maximum Gasteiger partial charge on any atom is 0.192 e. The molecule has 0 atom stereocenters. The van der Waals surface area contributed by atoms with Crippen LogP contribution in [-0.2, 0) is 24.9 Å². The molecule has 0 bridgehead atoms. The lowest BCUT2D eigenvalue weighted by atomic mass is 10.2. The maximum atomic E-state index is 5.14. The van der Waals surface area contributed by atoms with Crippen LogP contribution in [0.4, 0.5) is 0 Å². The summed E-state index contributed by atoms with van der Waals surface area (Å²) in [5.41, 5.74) is 3.08. The lowest BCUT2D eigenvalue weighted by Gasteiger charge is -2.13. The van der Waals surface area contributed by atoms with Gasteiger partial charge in [0.1, 0.15) is 5.82 Å². The molecular weight excluding hydrogens is 368 g/mol. The summed E-state index contributed by atoms with van der Waals surface area (Å²) >= 11 is 0. The average Bonchev–Trinajstić information content (AvgIpc) is 3.30. The number of guanidine groups is 1. The molecule has 0 unspecified atom stereocenters. The van der Waals surface area contributed by atoms with Crippen LogP contribution < -0.4 is 10.6 Å². The summed E-state index contributed by atoms with van der Waals surface area (Å²) in [4.78, 5) is 4.75. The Morgan fingerprint density at radius 2 is 1.97 bits per heavy atom. The highest BCUT2D eigenvalue weighted by atomic mass is 16.5. The summed E-state index contributed by atoms with van der Waals surface area (Å²) < 4.78 is 8.97. The molecule has 0 amide bonds. The number of para-hydroxylation sites is 1. The van der Waals surface area contributed by atoms with Crippen molar-refractivity contribution in [3.63, 3.8) is 0 Å². The molecule has 9 heteroatoms. The number of nitrogens with zero attached hydrogens (tertiary/aromatic N) is 6. The van der Waals surface area contributed by atoms with Gasteiger partial charge >= 0.3 is 0 Å². The largest absolute Gasteiger partial charge is 0.383 e. The van der Waals surface area contributed by atoms with E-state index in [0.717, 1.165) is 28.6 Å². The molecule has 3 aromatic rings. The van der Waals surface area contributed by atoms with E-state index in [9.17, 15) is 0 Å². The Balaban J connectivity index is 1.74. The molecule has 0 aliphatic heterocycles. The molecular formula is C20H28N8O. The minimum atomic E-state index is 0.509. The van der Waals surface area contributed by atoms with Crippen LogP contribution in [0.25, 0.3) is 5.69 Å². The second kappa shape index (κ2) is 9.83. The fourth-order valence-corrected chi connectivity index (χ4v) is 2.80. The summed E-state index contributed by atoms with van der Waals surface area (Å²) in [6, 6.07) is 10.1. The summed E-state index contributed by atoms with van der Waals surface area (Å²) in [6.07, 6.45) is 1.96. The number of hydrogen-bond donors (Lipinski definition) is 2. The number of methoxy groups -OCH3 is 1. The molecule has 0 spiro atoms. The zero-order valence-electron chi connectivity index (χ0n) is 17.4. The lowest BCUT2D eigenvalue weighted by Crippen LogP contribution is -2.39. The van der Waals surface area contributed by atoms with Crippen molar-refractivity contribution in [3.05, 3.63) is 59.4 Å². The topological polar surface area (TPSA) is 94.2 Å². The van der Waals surface area contributed by atoms with Gasteiger partial charge in [0.05, 0.1) is 31.1 Å². The Hall–Kier alpha value is -3.20. The fraction of sp³-hybridized carbons (Fsp3) is 0.400. The van der Waals surface area contributed by atoms with Crippen molar-refractivity contribution in [1.29, 1.82) is 0 Å². The van der Waals surface area contributed by atoms with Gasteiger partial charge in [-0.3, -0.25) is 0 Å². The number of nitrogens with one attached hydrogen (secondary N) is 2. The van der Waals surface area contributed by atoms with Crippen molar-refractivity contribution < 1.29 is 4.74 Å². The van der Waals surface area contributed by atoms with Crippen molar-refractivity contribution in [2.75, 3.05) is 20.3 Å². The smallest absolute Gasteiger partial charge is 0.192 e. The van der Waals surface area contributed by atoms with Crippen molar-refractivity contribution in [2.45, 2.75) is 26.9 Å². The Bertz CT molecular complexity index is 959. The summed E-state index contributed by atoms with van der Waals surface area (Å²) in [7, 11) is 3.63. The standard InChI is InChI=1S/C20H28N8O/c1-15-9-11-28(26-15)18-8-6-5-7-17(18)13-22-20(21-10-12-29-4)23-14-19-25-24-16(2)27(19)3/h5-9,11H,10,12-14H2,1-4H3,(H2,21,22,23). The van der Waals surface area contributed by atoms with Gasteiger partial charge in [-0.05, 0) is 31.5 Å². The van der Waals surface area contributed by atoms with Crippen LogP contribution in [0.3, 0.4) is 0 Å². The second-order valence-electron chi connectivity index (χ2n) is 6.69. The van der Waals surface area contributed by atoms with E-state index >= 15 is 0 Å². The molecule has 154 valence electrons. The van der Waals surface area contributed by atoms with Crippen LogP contribution in [0.15, 0.2) is 41.5 Å². The van der Waals surface area contributed by atoms with Crippen molar-refractivity contribution in [1.82, 2.24) is 35.2 Å². The minimum Gasteiger partial charge on any atom is -0.383 e. The van der Waals surface area contributed by atoms with Crippen LogP contribution in [-0.4, -0.2) is 50.8 Å². The van der Waals surface area contributed by atoms with Crippen LogP contribution in [0, 0.1) is 13.8 Å². The highest BCUT2D eigenvalue weighted by Crippen LogP contribution is 2.15. The highest BCUT2D eigenvalue weighted by Gasteiger charge is 2.08. The average molecular weight is 396 g/mol. The first-order valence-electron chi connectivity index (χ1n) is 9.55. The highest BCUT2D eigenvalue weighted by molar-refractivity contribution is 5.79. The van der Waals surface area contributed by atoms with Crippen molar-refractivity contribution in [2.24, 2.45) is 12.0 Å². The van der Waals surface area contributed by atoms with Gasteiger partial charge < -0.3 is 19.9 Å². The number of benzene rings is 1. The van der Waals surface area contributed by atoms with E-state index in [1.807, 2.05) is 60.6 Å². The Morgan fingerprint density at radius 1 is 1.14 bits per heavy atom. The van der Waals surface area contributed by atoms with E-state index in [2.05, 4.69) is 32.0 Å². The minimum absolute atomic E-state index is 0.509. The van der Waals surface area contributed by atoms with E-state index in [0.29, 0.717) is 32.2 Å². The van der Waals surface area contributed by atoms with Crippen molar-refractivity contribution >= 4 is 5.96 Å². The molecule has 29 heavy (non-hydrogen) atoms. The molecule has 2 heterocycles. The molecule has 0 radical (unpaired) electrons. The third-order valence-electron chi connectivity index (χ3n) is 4.56. The number of aliphatic imine (C=N–C) groups is 1. The Morgan fingerprint density at radius 3 is 2.66 bits per heavy atom. The van der Waals surface area contributed by atoms with E-state index in [1.165, 1.54) is 0 Å². The summed E-state index contributed by atoms with van der Waals surface area (Å²) in [5.74, 6) is 2.40. The van der Waals surface area contributed by atoms with Gasteiger partial charge in [0, 0.05) is 26.9 Å². The van der Waals surface area contributed by atoms with Gasteiger partial charge in [-0.15, -0.1) is 10.2 Å². The second-order valence-corrected chi connectivity index (χ2v) is 6.69. The molecule has 2 aromatic heterocycles. The molecule has 2 N–H and O–H groups in total. The Labute approximate surface area is 170 Å². The molecule has 9 nitrogen and oxygen atoms in total. The number of rotatable bonds is 8. The van der Waals surface area contributed by atoms with Crippen LogP contribution in [0.2, 0.25) is 0 Å². The van der Waals surface area contributed by atoms with Crippen molar-refractivity contribution in [3.8, 4) is 5.69 Å². The SMILES string of the molecule is COCCNC(=NCc1ccccc1-n1ccc(C)n1)NCc1nnc(C)n1C. The number of ether oxygens (including phenoxy) is 1. The summed E-state index contributed by atoms with van der Waals surface area (Å²) in [5, 5.41) is 19.4. The van der Waals surface area contributed by atoms with Crippen LogP contribution in [0.1, 0.15) is 22.9 Å². The summed E-state index contributed by atoms with van der Waals surface area (Å²) in [6.45, 7) is 6.18. The maximum absolute atomic E-state index is 5.14. The molecule has 0 saturated carbocycles. The number of hydrogen-bond acceptors (Lipinski definition) is 5. The first kappa shape index (κ1) is 20.5. The van der Waals surface area contributed by atoms with Gasteiger partial charge in [-0.25, -0.2) is 9.67 Å².